The Morgan fingerprint density at radius 2 is 1.84 bits per heavy atom. The molecule has 0 radical (unpaired) electrons. The highest BCUT2D eigenvalue weighted by atomic mass is 79.9. The van der Waals surface area contributed by atoms with Crippen molar-refractivity contribution in [1.29, 1.82) is 0 Å². The average molecular weight is 609 g/mol. The predicted octanol–water partition coefficient (Wildman–Crippen LogP) is 4.79. The van der Waals surface area contributed by atoms with E-state index in [9.17, 15) is 18.0 Å². The summed E-state index contributed by atoms with van der Waals surface area (Å²) in [7, 11) is -2.22. The number of nitrogens with one attached hydrogen (secondary N) is 1. The summed E-state index contributed by atoms with van der Waals surface area (Å²) < 4.78 is 32.9. The molecule has 2 aromatic carbocycles. The van der Waals surface area contributed by atoms with Crippen LogP contribution in [-0.2, 0) is 26.2 Å². The number of carbonyl (C=O) groups excluding carboxylic acids is 2. The van der Waals surface area contributed by atoms with Crippen molar-refractivity contribution in [1.82, 2.24) is 10.2 Å². The van der Waals surface area contributed by atoms with E-state index >= 15 is 0 Å². The van der Waals surface area contributed by atoms with Gasteiger partial charge in [0, 0.05) is 17.1 Å². The van der Waals surface area contributed by atoms with E-state index in [1.807, 2.05) is 38.1 Å². The summed E-state index contributed by atoms with van der Waals surface area (Å²) >= 11 is 3.44. The zero-order valence-electron chi connectivity index (χ0n) is 22.6. The zero-order chi connectivity index (χ0) is 27.9. The van der Waals surface area contributed by atoms with E-state index in [-0.39, 0.29) is 18.5 Å². The molecule has 2 aromatic rings. The molecule has 208 valence electrons. The van der Waals surface area contributed by atoms with Crippen LogP contribution in [0.25, 0.3) is 0 Å². The van der Waals surface area contributed by atoms with Crippen LogP contribution in [0.3, 0.4) is 0 Å². The Morgan fingerprint density at radius 3 is 2.45 bits per heavy atom. The maximum Gasteiger partial charge on any atom is 0.244 e. The molecule has 0 aromatic heterocycles. The normalized spacial score (nSPS) is 15.0. The van der Waals surface area contributed by atoms with Crippen molar-refractivity contribution in [3.8, 4) is 5.75 Å². The first-order valence-corrected chi connectivity index (χ1v) is 15.6. The minimum Gasteiger partial charge on any atom is -0.497 e. The Balaban J connectivity index is 1.94. The maximum absolute atomic E-state index is 13.9. The number of hydrogen-bond donors (Lipinski definition) is 1. The number of halogens is 1. The van der Waals surface area contributed by atoms with Gasteiger partial charge in [0.05, 0.1) is 19.1 Å². The topological polar surface area (TPSA) is 96.0 Å². The highest BCUT2D eigenvalue weighted by molar-refractivity contribution is 9.10. The van der Waals surface area contributed by atoms with Crippen LogP contribution < -0.4 is 14.4 Å². The lowest BCUT2D eigenvalue weighted by molar-refractivity contribution is -0.140. The second-order valence-corrected chi connectivity index (χ2v) is 12.6. The lowest BCUT2D eigenvalue weighted by Gasteiger charge is -2.34. The average Bonchev–Trinajstić information content (AvgIpc) is 2.88. The number of aryl methyl sites for hydroxylation is 1. The van der Waals surface area contributed by atoms with E-state index in [1.54, 1.807) is 25.3 Å². The summed E-state index contributed by atoms with van der Waals surface area (Å²) in [5, 5.41) is 3.15. The first-order chi connectivity index (χ1) is 18.0. The zero-order valence-corrected chi connectivity index (χ0v) is 25.0. The van der Waals surface area contributed by atoms with E-state index in [1.165, 1.54) is 11.3 Å². The number of amides is 2. The number of benzene rings is 2. The first-order valence-electron chi connectivity index (χ1n) is 13.0. The highest BCUT2D eigenvalue weighted by Crippen LogP contribution is 2.26. The molecular weight excluding hydrogens is 570 g/mol. The van der Waals surface area contributed by atoms with E-state index in [0.717, 1.165) is 51.8 Å². The fourth-order valence-electron chi connectivity index (χ4n) is 4.83. The summed E-state index contributed by atoms with van der Waals surface area (Å²) in [6, 6.07) is 11.8. The molecule has 3 rings (SSSR count). The summed E-state index contributed by atoms with van der Waals surface area (Å²) in [5.74, 6) is -0.0248. The number of methoxy groups -OCH3 is 1. The Kier molecular flexibility index (Phi) is 10.6. The van der Waals surface area contributed by atoms with Crippen molar-refractivity contribution < 1.29 is 22.7 Å². The minimum absolute atomic E-state index is 0.0948. The molecule has 0 saturated heterocycles. The fourth-order valence-corrected chi connectivity index (χ4v) is 5.92. The monoisotopic (exact) mass is 607 g/mol. The molecule has 8 nitrogen and oxygen atoms in total. The summed E-state index contributed by atoms with van der Waals surface area (Å²) in [6.07, 6.45) is 6.64. The number of ether oxygens (including phenoxy) is 1. The fraction of sp³-hybridized carbons (Fsp3) is 0.500. The molecule has 1 aliphatic carbocycles. The van der Waals surface area contributed by atoms with Crippen LogP contribution in [0.15, 0.2) is 46.9 Å². The van der Waals surface area contributed by atoms with Gasteiger partial charge in [0.2, 0.25) is 21.8 Å². The number of hydrogen-bond acceptors (Lipinski definition) is 5. The van der Waals surface area contributed by atoms with Gasteiger partial charge >= 0.3 is 0 Å². The summed E-state index contributed by atoms with van der Waals surface area (Å²) in [5.41, 5.74) is 2.02. The molecule has 0 bridgehead atoms. The predicted molar refractivity (Wildman–Crippen MR) is 154 cm³/mol. The Labute approximate surface area is 234 Å². The molecule has 1 fully saturated rings. The largest absolute Gasteiger partial charge is 0.497 e. The second-order valence-electron chi connectivity index (χ2n) is 9.84. The van der Waals surface area contributed by atoms with Gasteiger partial charge in [-0.25, -0.2) is 8.42 Å². The molecule has 0 unspecified atom stereocenters. The molecule has 1 aliphatic rings. The molecular formula is C28H38BrN3O5S. The molecule has 2 amide bonds. The number of sulfonamides is 1. The molecule has 0 heterocycles. The van der Waals surface area contributed by atoms with Gasteiger partial charge in [-0.05, 0) is 67.6 Å². The van der Waals surface area contributed by atoms with Gasteiger partial charge in [0.1, 0.15) is 18.3 Å². The van der Waals surface area contributed by atoms with Crippen LogP contribution in [0, 0.1) is 6.92 Å². The van der Waals surface area contributed by atoms with Crippen LogP contribution in [0.2, 0.25) is 0 Å². The smallest absolute Gasteiger partial charge is 0.244 e. The number of anilines is 1. The lowest BCUT2D eigenvalue weighted by atomic mass is 9.95. The van der Waals surface area contributed by atoms with Crippen molar-refractivity contribution >= 4 is 43.5 Å². The van der Waals surface area contributed by atoms with Crippen LogP contribution in [0.5, 0.6) is 5.75 Å². The molecule has 10 heteroatoms. The van der Waals surface area contributed by atoms with Gasteiger partial charge in [-0.15, -0.1) is 0 Å². The first kappa shape index (κ1) is 30.0. The standard InChI is InChI=1S/C28H38BrN3O5S/c1-5-26(28(34)30-22-11-7-6-8-12-22)31(18-21-10-9-13-24(17-21)37-3)27(33)19-32(38(4,35)36)23-14-15-25(29)20(2)16-23/h9-10,13-17,22,26H,5-8,11-12,18-19H2,1-4H3,(H,30,34)/t26-/m1/s1. The quantitative estimate of drug-likeness (QED) is 0.396. The SMILES string of the molecule is CC[C@H](C(=O)NC1CCCCC1)N(Cc1cccc(OC)c1)C(=O)CN(c1ccc(Br)c(C)c1)S(C)(=O)=O. The van der Waals surface area contributed by atoms with E-state index in [0.29, 0.717) is 17.9 Å². The van der Waals surface area contributed by atoms with Crippen LogP contribution in [0.1, 0.15) is 56.6 Å². The summed E-state index contributed by atoms with van der Waals surface area (Å²) in [6.45, 7) is 3.44. The van der Waals surface area contributed by atoms with Crippen molar-refractivity contribution in [2.75, 3.05) is 24.2 Å². The van der Waals surface area contributed by atoms with Crippen LogP contribution >= 0.6 is 15.9 Å². The van der Waals surface area contributed by atoms with Crippen molar-refractivity contribution in [3.63, 3.8) is 0 Å². The van der Waals surface area contributed by atoms with Crippen molar-refractivity contribution in [2.45, 2.75) is 71.0 Å². The lowest BCUT2D eigenvalue weighted by Crippen LogP contribution is -2.53. The molecule has 1 atom stereocenters. The van der Waals surface area contributed by atoms with Gasteiger partial charge in [-0.2, -0.15) is 0 Å². The van der Waals surface area contributed by atoms with E-state index in [2.05, 4.69) is 21.2 Å². The highest BCUT2D eigenvalue weighted by Gasteiger charge is 2.33. The third kappa shape index (κ3) is 7.96. The molecule has 0 aliphatic heterocycles. The Morgan fingerprint density at radius 1 is 1.13 bits per heavy atom. The Bertz CT molecular complexity index is 1230. The molecule has 1 saturated carbocycles. The Hall–Kier alpha value is -2.59. The van der Waals surface area contributed by atoms with Gasteiger partial charge in [-0.1, -0.05) is 54.2 Å². The molecule has 0 spiro atoms. The van der Waals surface area contributed by atoms with E-state index < -0.39 is 28.5 Å². The number of carbonyl (C=O) groups is 2. The van der Waals surface area contributed by atoms with E-state index in [4.69, 9.17) is 4.74 Å². The number of nitrogens with zero attached hydrogens (tertiary/aromatic N) is 2. The van der Waals surface area contributed by atoms with Crippen molar-refractivity contribution in [3.05, 3.63) is 58.1 Å². The molecule has 38 heavy (non-hydrogen) atoms. The van der Waals surface area contributed by atoms with Crippen LogP contribution in [0.4, 0.5) is 5.69 Å². The second kappa shape index (κ2) is 13.5. The third-order valence-corrected chi connectivity index (χ3v) is 8.96. The van der Waals surface area contributed by atoms with Gasteiger partial charge in [0.15, 0.2) is 0 Å². The summed E-state index contributed by atoms with van der Waals surface area (Å²) in [4.78, 5) is 28.8. The van der Waals surface area contributed by atoms with Gasteiger partial charge in [0.25, 0.3) is 0 Å². The maximum atomic E-state index is 13.9. The van der Waals surface area contributed by atoms with Gasteiger partial charge < -0.3 is 15.0 Å². The molecule has 1 N–H and O–H groups in total. The van der Waals surface area contributed by atoms with Gasteiger partial charge in [-0.3, -0.25) is 13.9 Å². The van der Waals surface area contributed by atoms with Crippen molar-refractivity contribution in [2.24, 2.45) is 0 Å². The van der Waals surface area contributed by atoms with Crippen LogP contribution in [-0.4, -0.2) is 57.1 Å². The minimum atomic E-state index is -3.79. The number of rotatable bonds is 11. The third-order valence-electron chi connectivity index (χ3n) is 6.93.